The van der Waals surface area contributed by atoms with Crippen LogP contribution in [0.3, 0.4) is 0 Å². The number of fused-ring (bicyclic) bond motifs is 3. The zero-order valence-corrected chi connectivity index (χ0v) is 23.3. The Morgan fingerprint density at radius 2 is 1.95 bits per heavy atom. The van der Waals surface area contributed by atoms with Gasteiger partial charge in [-0.15, -0.1) is 11.8 Å². The number of nitrogens with zero attached hydrogens (tertiary/aromatic N) is 3. The van der Waals surface area contributed by atoms with Gasteiger partial charge in [0.2, 0.25) is 18.0 Å². The quantitative estimate of drug-likeness (QED) is 0.338. The third kappa shape index (κ3) is 4.26. The molecule has 2 aromatic carbocycles. The molecule has 1 aromatic heterocycles. The number of hydrogen-bond donors (Lipinski definition) is 0. The molecule has 0 saturated carbocycles. The molecule has 0 bridgehead atoms. The van der Waals surface area contributed by atoms with Gasteiger partial charge in [0.25, 0.3) is 5.91 Å². The second kappa shape index (κ2) is 10.5. The van der Waals surface area contributed by atoms with E-state index in [0.29, 0.717) is 25.0 Å². The molecule has 3 aromatic rings. The molecule has 4 aliphatic rings. The van der Waals surface area contributed by atoms with Crippen LogP contribution in [-0.2, 0) is 20.6 Å². The van der Waals surface area contributed by atoms with Crippen molar-refractivity contribution in [2.45, 2.75) is 41.6 Å². The van der Waals surface area contributed by atoms with Crippen LogP contribution in [0.1, 0.15) is 56.9 Å². The number of ether oxygens (including phenoxy) is 4. The highest BCUT2D eigenvalue weighted by atomic mass is 32.2. The molecule has 212 valence electrons. The fourth-order valence-electron chi connectivity index (χ4n) is 6.50. The second-order valence-corrected chi connectivity index (χ2v) is 11.6. The maximum absolute atomic E-state index is 14.0. The first-order chi connectivity index (χ1) is 20.1. The highest BCUT2D eigenvalue weighted by Crippen LogP contribution is 2.53. The average Bonchev–Trinajstić information content (AvgIpc) is 3.14. The van der Waals surface area contributed by atoms with Crippen LogP contribution in [0.25, 0.3) is 0 Å². The second-order valence-electron chi connectivity index (χ2n) is 10.4. The number of rotatable bonds is 4. The van der Waals surface area contributed by atoms with Gasteiger partial charge in [-0.05, 0) is 47.6 Å². The topological polar surface area (TPSA) is 99.5 Å². The Labute approximate surface area is 240 Å². The van der Waals surface area contributed by atoms with Crippen LogP contribution in [0, 0.1) is 0 Å². The monoisotopic (exact) mass is 575 g/mol. The van der Waals surface area contributed by atoms with E-state index in [1.54, 1.807) is 15.8 Å². The van der Waals surface area contributed by atoms with Gasteiger partial charge in [0.05, 0.1) is 26.4 Å². The van der Waals surface area contributed by atoms with Gasteiger partial charge in [-0.2, -0.15) is 0 Å². The molecule has 1 fully saturated rings. The fourth-order valence-corrected chi connectivity index (χ4v) is 7.97. The molecule has 4 heterocycles. The third-order valence-corrected chi connectivity index (χ3v) is 9.59. The summed E-state index contributed by atoms with van der Waals surface area (Å²) >= 11 is 1.90. The van der Waals surface area contributed by atoms with Crippen LogP contribution in [0.5, 0.6) is 5.75 Å². The number of amides is 1. The summed E-state index contributed by atoms with van der Waals surface area (Å²) in [6.45, 7) is 0.479. The Morgan fingerprint density at radius 1 is 1.10 bits per heavy atom. The number of thioether (sulfide) groups is 1. The summed E-state index contributed by atoms with van der Waals surface area (Å²) in [7, 11) is 1.18. The van der Waals surface area contributed by atoms with Crippen molar-refractivity contribution >= 4 is 23.8 Å². The van der Waals surface area contributed by atoms with E-state index in [0.717, 1.165) is 24.8 Å². The Balaban J connectivity index is 1.45. The third-order valence-electron chi connectivity index (χ3n) is 8.21. The normalized spacial score (nSPS) is 22.5. The van der Waals surface area contributed by atoms with Crippen molar-refractivity contribution in [2.24, 2.45) is 0 Å². The molecule has 0 spiro atoms. The maximum atomic E-state index is 14.0. The minimum absolute atomic E-state index is 0.0832. The summed E-state index contributed by atoms with van der Waals surface area (Å²) in [6.07, 6.45) is 3.51. The van der Waals surface area contributed by atoms with E-state index in [2.05, 4.69) is 46.1 Å². The molecule has 1 saturated heterocycles. The van der Waals surface area contributed by atoms with E-state index in [-0.39, 0.29) is 23.4 Å². The van der Waals surface area contributed by atoms with Crippen molar-refractivity contribution in [3.05, 3.63) is 92.9 Å². The Kier molecular flexibility index (Phi) is 6.63. The van der Waals surface area contributed by atoms with Crippen molar-refractivity contribution in [1.29, 1.82) is 0 Å². The average molecular weight is 576 g/mol. The van der Waals surface area contributed by atoms with Crippen LogP contribution < -0.4 is 15.2 Å². The van der Waals surface area contributed by atoms with Crippen LogP contribution in [0.2, 0.25) is 0 Å². The number of benzene rings is 2. The predicted octanol–water partition coefficient (Wildman–Crippen LogP) is 3.99. The molecule has 7 rings (SSSR count). The standard InChI is InChI=1S/C30H29N3O7S/c1-37-30(36)40-17-39-28-21(34)12-13-32-27(28)29(35)31-14-15-38-16-24(31)33(32)26-19-8-2-3-10-22(19)41-23-11-5-7-18-6-4-9-20(26)25(18)23/h2-4,6,8-10,12-13,23-24,26H,5,7,11,14-17H2,1H3. The van der Waals surface area contributed by atoms with Gasteiger partial charge in [0.15, 0.2) is 5.69 Å². The van der Waals surface area contributed by atoms with E-state index in [1.807, 2.05) is 17.8 Å². The van der Waals surface area contributed by atoms with Crippen molar-refractivity contribution in [3.8, 4) is 5.75 Å². The van der Waals surface area contributed by atoms with Crippen molar-refractivity contribution in [3.63, 3.8) is 0 Å². The lowest BCUT2D eigenvalue weighted by molar-refractivity contribution is -0.0209. The van der Waals surface area contributed by atoms with E-state index in [1.165, 1.54) is 34.8 Å². The zero-order valence-electron chi connectivity index (χ0n) is 22.5. The highest BCUT2D eigenvalue weighted by molar-refractivity contribution is 7.99. The molecule has 3 atom stereocenters. The van der Waals surface area contributed by atoms with Crippen molar-refractivity contribution in [1.82, 2.24) is 9.58 Å². The summed E-state index contributed by atoms with van der Waals surface area (Å²) in [5.74, 6) is -0.523. The smallest absolute Gasteiger partial charge is 0.451 e. The minimum Gasteiger partial charge on any atom is -0.451 e. The molecule has 0 radical (unpaired) electrons. The molecule has 3 unspecified atom stereocenters. The van der Waals surface area contributed by atoms with Gasteiger partial charge < -0.3 is 23.8 Å². The highest BCUT2D eigenvalue weighted by Gasteiger charge is 2.47. The summed E-state index contributed by atoms with van der Waals surface area (Å²) < 4.78 is 22.7. The molecule has 10 nitrogen and oxygen atoms in total. The lowest BCUT2D eigenvalue weighted by Crippen LogP contribution is -2.66. The predicted molar refractivity (Wildman–Crippen MR) is 150 cm³/mol. The van der Waals surface area contributed by atoms with E-state index in [4.69, 9.17) is 14.2 Å². The number of hydrogen-bond acceptors (Lipinski definition) is 9. The lowest BCUT2D eigenvalue weighted by atomic mass is 9.83. The maximum Gasteiger partial charge on any atom is 0.510 e. The summed E-state index contributed by atoms with van der Waals surface area (Å²) in [5.41, 5.74) is 4.62. The van der Waals surface area contributed by atoms with Gasteiger partial charge in [0, 0.05) is 29.0 Å². The van der Waals surface area contributed by atoms with Gasteiger partial charge in [0.1, 0.15) is 6.17 Å². The van der Waals surface area contributed by atoms with Gasteiger partial charge in [-0.1, -0.05) is 36.4 Å². The van der Waals surface area contributed by atoms with Crippen LogP contribution >= 0.6 is 11.8 Å². The Hall–Kier alpha value is -3.96. The van der Waals surface area contributed by atoms with Crippen LogP contribution in [-0.4, -0.2) is 61.5 Å². The van der Waals surface area contributed by atoms with E-state index >= 15 is 0 Å². The van der Waals surface area contributed by atoms with Gasteiger partial charge >= 0.3 is 6.16 Å². The minimum atomic E-state index is -0.952. The molecular formula is C30H29N3O7S. The zero-order chi connectivity index (χ0) is 28.1. The number of methoxy groups -OCH3 is 1. The van der Waals surface area contributed by atoms with Crippen molar-refractivity contribution < 1.29 is 28.5 Å². The molecule has 11 heteroatoms. The van der Waals surface area contributed by atoms with E-state index in [9.17, 15) is 14.4 Å². The Bertz CT molecular complexity index is 1590. The molecule has 1 aliphatic carbocycles. The largest absolute Gasteiger partial charge is 0.510 e. The van der Waals surface area contributed by atoms with Crippen LogP contribution in [0.4, 0.5) is 4.79 Å². The van der Waals surface area contributed by atoms with Gasteiger partial charge in [-0.25, -0.2) is 4.79 Å². The Morgan fingerprint density at radius 3 is 2.83 bits per heavy atom. The van der Waals surface area contributed by atoms with Crippen LogP contribution in [0.15, 0.2) is 64.4 Å². The molecule has 41 heavy (non-hydrogen) atoms. The number of aryl methyl sites for hydroxylation is 1. The molecule has 1 amide bonds. The SMILES string of the molecule is COC(=O)OCOc1c2n(ccc1=O)N(C1c3ccccc3SC3CCCc4cccc1c43)C1COCCN1C2=O. The first-order valence-electron chi connectivity index (χ1n) is 13.7. The molecule has 0 N–H and O–H groups in total. The van der Waals surface area contributed by atoms with Crippen molar-refractivity contribution in [2.75, 3.05) is 38.7 Å². The number of pyridine rings is 1. The number of carbonyl (C=O) groups is 2. The number of morpholine rings is 1. The summed E-state index contributed by atoms with van der Waals surface area (Å²) in [6, 6.07) is 16.1. The lowest BCUT2D eigenvalue weighted by Gasteiger charge is -2.51. The molecular weight excluding hydrogens is 546 g/mol. The van der Waals surface area contributed by atoms with Gasteiger partial charge in [-0.3, -0.25) is 19.3 Å². The summed E-state index contributed by atoms with van der Waals surface area (Å²) in [4.78, 5) is 41.5. The number of aromatic nitrogens is 1. The molecule has 3 aliphatic heterocycles. The van der Waals surface area contributed by atoms with E-state index < -0.39 is 24.5 Å². The summed E-state index contributed by atoms with van der Waals surface area (Å²) in [5, 5.41) is 2.48. The first-order valence-corrected chi connectivity index (χ1v) is 14.6. The first kappa shape index (κ1) is 26.0. The number of carbonyl (C=O) groups excluding carboxylic acids is 2. The fraction of sp³-hybridized carbons (Fsp3) is 0.367.